The molecule has 1 aromatic carbocycles. The molecule has 0 bridgehead atoms. The van der Waals surface area contributed by atoms with Crippen LogP contribution in [0.4, 0.5) is 27.8 Å². The molecular weight excluding hydrogens is 529 g/mol. The van der Waals surface area contributed by atoms with Crippen LogP contribution < -0.4 is 15.4 Å². The van der Waals surface area contributed by atoms with E-state index in [1.54, 1.807) is 0 Å². The van der Waals surface area contributed by atoms with E-state index in [0.717, 1.165) is 18.9 Å². The first kappa shape index (κ1) is 26.7. The first-order chi connectivity index (χ1) is 18.6. The molecule has 5 rings (SSSR count). The summed E-state index contributed by atoms with van der Waals surface area (Å²) >= 11 is 0. The minimum absolute atomic E-state index is 0.00173. The molecule has 208 valence electrons. The highest BCUT2D eigenvalue weighted by Gasteiger charge is 2.46. The molecule has 1 saturated carbocycles. The number of aromatic nitrogens is 2. The molecule has 0 spiro atoms. The number of hydrogen-bond donors (Lipinski definition) is 2. The van der Waals surface area contributed by atoms with E-state index < -0.39 is 30.7 Å². The maximum Gasteiger partial charge on any atom is 0.573 e. The summed E-state index contributed by atoms with van der Waals surface area (Å²) in [4.78, 5) is 5.54. The Kier molecular flexibility index (Phi) is 7.05. The summed E-state index contributed by atoms with van der Waals surface area (Å²) in [6, 6.07) is 8.44. The number of alkyl halides is 5. The van der Waals surface area contributed by atoms with Gasteiger partial charge in [-0.25, -0.2) is 13.8 Å². The summed E-state index contributed by atoms with van der Waals surface area (Å²) in [5.74, 6) is -3.19. The standard InChI is InChI=1S/C25H24F5N5O4/c26-24(27)13-35(20-8-7-15(11-32-20)23(31)33-36)10-9-19(24)37-12-17-21(34-39-22(17)14-5-6-14)16-3-1-2-4-18(16)38-25(28,29)30/h1-4,7-8,11,14,19,36H,5-6,9-10,12-13H2,(H2,31,33). The van der Waals surface area contributed by atoms with Crippen molar-refractivity contribution < 1.29 is 41.2 Å². The normalized spacial score (nSPS) is 19.8. The van der Waals surface area contributed by atoms with Gasteiger partial charge >= 0.3 is 6.36 Å². The molecule has 3 heterocycles. The Morgan fingerprint density at radius 2 is 1.95 bits per heavy atom. The topological polar surface area (TPSA) is 119 Å². The van der Waals surface area contributed by atoms with E-state index >= 15 is 8.78 Å². The number of anilines is 1. The second-order valence-electron chi connectivity index (χ2n) is 9.35. The van der Waals surface area contributed by atoms with Crippen LogP contribution in [-0.2, 0) is 11.3 Å². The first-order valence-corrected chi connectivity index (χ1v) is 12.1. The maximum atomic E-state index is 15.2. The Morgan fingerprint density at radius 1 is 1.18 bits per heavy atom. The number of ether oxygens (including phenoxy) is 2. The number of pyridine rings is 1. The summed E-state index contributed by atoms with van der Waals surface area (Å²) in [5, 5.41) is 15.6. The molecule has 2 fully saturated rings. The third kappa shape index (κ3) is 5.90. The predicted molar refractivity (Wildman–Crippen MR) is 128 cm³/mol. The number of oxime groups is 1. The molecule has 3 aromatic rings. The fraction of sp³-hybridized carbons (Fsp3) is 0.400. The fourth-order valence-corrected chi connectivity index (χ4v) is 4.50. The number of nitrogens with two attached hydrogens (primary N) is 1. The molecule has 0 radical (unpaired) electrons. The van der Waals surface area contributed by atoms with Gasteiger partial charge in [0, 0.05) is 35.3 Å². The average Bonchev–Trinajstić information content (AvgIpc) is 3.66. The third-order valence-corrected chi connectivity index (χ3v) is 6.57. The molecule has 9 nitrogen and oxygen atoms in total. The second kappa shape index (κ2) is 10.3. The lowest BCUT2D eigenvalue weighted by Gasteiger charge is -2.38. The Labute approximate surface area is 219 Å². The number of para-hydroxylation sites is 1. The van der Waals surface area contributed by atoms with Crippen LogP contribution in [-0.4, -0.2) is 52.7 Å². The predicted octanol–water partition coefficient (Wildman–Crippen LogP) is 5.04. The monoisotopic (exact) mass is 553 g/mol. The van der Waals surface area contributed by atoms with Crippen molar-refractivity contribution in [2.24, 2.45) is 10.9 Å². The number of piperidine rings is 1. The van der Waals surface area contributed by atoms with Crippen molar-refractivity contribution in [1.82, 2.24) is 10.1 Å². The molecule has 2 aromatic heterocycles. The Bertz CT molecular complexity index is 1340. The lowest BCUT2D eigenvalue weighted by molar-refractivity contribution is -0.274. The van der Waals surface area contributed by atoms with Crippen LogP contribution >= 0.6 is 0 Å². The molecule has 1 unspecified atom stereocenters. The molecule has 0 amide bonds. The van der Waals surface area contributed by atoms with Crippen molar-refractivity contribution in [1.29, 1.82) is 0 Å². The largest absolute Gasteiger partial charge is 0.573 e. The van der Waals surface area contributed by atoms with Crippen molar-refractivity contribution >= 4 is 11.7 Å². The van der Waals surface area contributed by atoms with Gasteiger partial charge in [0.25, 0.3) is 5.92 Å². The van der Waals surface area contributed by atoms with Gasteiger partial charge in [0.05, 0.1) is 13.2 Å². The molecule has 39 heavy (non-hydrogen) atoms. The van der Waals surface area contributed by atoms with Gasteiger partial charge in [0.1, 0.15) is 29.1 Å². The Hall–Kier alpha value is -3.94. The van der Waals surface area contributed by atoms with Crippen LogP contribution in [0, 0.1) is 0 Å². The number of rotatable bonds is 8. The number of amidine groups is 1. The smallest absolute Gasteiger partial charge is 0.409 e. The van der Waals surface area contributed by atoms with Crippen molar-refractivity contribution in [3.8, 4) is 17.0 Å². The maximum absolute atomic E-state index is 15.2. The lowest BCUT2D eigenvalue weighted by Crippen LogP contribution is -2.52. The highest BCUT2D eigenvalue weighted by Crippen LogP contribution is 2.46. The zero-order valence-corrected chi connectivity index (χ0v) is 20.4. The Morgan fingerprint density at radius 3 is 2.59 bits per heavy atom. The van der Waals surface area contributed by atoms with Crippen LogP contribution in [0.2, 0.25) is 0 Å². The van der Waals surface area contributed by atoms with E-state index in [-0.39, 0.29) is 42.6 Å². The van der Waals surface area contributed by atoms with E-state index in [1.807, 2.05) is 0 Å². The summed E-state index contributed by atoms with van der Waals surface area (Å²) in [6.07, 6.45) is -3.53. The van der Waals surface area contributed by atoms with E-state index in [0.29, 0.717) is 22.7 Å². The molecule has 1 saturated heterocycles. The molecule has 2 aliphatic rings. The van der Waals surface area contributed by atoms with E-state index in [4.69, 9.17) is 20.2 Å². The van der Waals surface area contributed by atoms with Gasteiger partial charge in [-0.05, 0) is 43.5 Å². The van der Waals surface area contributed by atoms with Gasteiger partial charge < -0.3 is 29.8 Å². The first-order valence-electron chi connectivity index (χ1n) is 12.1. The minimum Gasteiger partial charge on any atom is -0.409 e. The van der Waals surface area contributed by atoms with Gasteiger partial charge in [-0.15, -0.1) is 13.2 Å². The molecule has 1 aliphatic carbocycles. The van der Waals surface area contributed by atoms with Gasteiger partial charge in [-0.2, -0.15) is 0 Å². The summed E-state index contributed by atoms with van der Waals surface area (Å²) < 4.78 is 84.6. The summed E-state index contributed by atoms with van der Waals surface area (Å²) in [5.41, 5.74) is 6.26. The van der Waals surface area contributed by atoms with E-state index in [2.05, 4.69) is 20.0 Å². The van der Waals surface area contributed by atoms with Crippen LogP contribution in [0.15, 0.2) is 52.3 Å². The summed E-state index contributed by atoms with van der Waals surface area (Å²) in [6.45, 7) is -0.774. The van der Waals surface area contributed by atoms with Crippen LogP contribution in [0.3, 0.4) is 0 Å². The van der Waals surface area contributed by atoms with Crippen molar-refractivity contribution in [2.45, 2.75) is 50.2 Å². The molecule has 3 N–H and O–H groups in total. The molecule has 1 aliphatic heterocycles. The second-order valence-corrected chi connectivity index (χ2v) is 9.35. The number of hydrogen-bond acceptors (Lipinski definition) is 8. The van der Waals surface area contributed by atoms with Crippen molar-refractivity contribution in [3.63, 3.8) is 0 Å². The lowest BCUT2D eigenvalue weighted by atomic mass is 10.0. The van der Waals surface area contributed by atoms with Crippen molar-refractivity contribution in [2.75, 3.05) is 18.0 Å². The van der Waals surface area contributed by atoms with E-state index in [9.17, 15) is 13.2 Å². The van der Waals surface area contributed by atoms with Gasteiger partial charge in [-0.3, -0.25) is 0 Å². The quantitative estimate of drug-likeness (QED) is 0.131. The van der Waals surface area contributed by atoms with Crippen LogP contribution in [0.1, 0.15) is 42.1 Å². The van der Waals surface area contributed by atoms with Gasteiger partial charge in [-0.1, -0.05) is 22.4 Å². The molecule has 14 heteroatoms. The average molecular weight is 553 g/mol. The highest BCUT2D eigenvalue weighted by molar-refractivity contribution is 5.96. The molecular formula is C25H24F5N5O4. The third-order valence-electron chi connectivity index (χ3n) is 6.57. The number of benzene rings is 1. The highest BCUT2D eigenvalue weighted by atomic mass is 19.4. The SMILES string of the molecule is N/C(=N\O)c1ccc(N2CCC(OCc3c(-c4ccccc4OC(F)(F)F)noc3C3CC3)C(F)(F)C2)nc1. The molecule has 1 atom stereocenters. The van der Waals surface area contributed by atoms with Crippen LogP contribution in [0.25, 0.3) is 11.3 Å². The zero-order valence-electron chi connectivity index (χ0n) is 20.4. The zero-order chi connectivity index (χ0) is 27.8. The fourth-order valence-electron chi connectivity index (χ4n) is 4.50. The van der Waals surface area contributed by atoms with Gasteiger partial charge in [0.2, 0.25) is 0 Å². The number of halogens is 5. The van der Waals surface area contributed by atoms with Crippen LogP contribution in [0.5, 0.6) is 5.75 Å². The van der Waals surface area contributed by atoms with E-state index in [1.165, 1.54) is 41.4 Å². The van der Waals surface area contributed by atoms with Gasteiger partial charge in [0.15, 0.2) is 5.84 Å². The number of nitrogens with zero attached hydrogens (tertiary/aromatic N) is 4. The summed E-state index contributed by atoms with van der Waals surface area (Å²) in [7, 11) is 0. The van der Waals surface area contributed by atoms with Crippen molar-refractivity contribution in [3.05, 3.63) is 59.5 Å². The minimum atomic E-state index is -4.93. The Balaban J connectivity index is 1.33.